The van der Waals surface area contributed by atoms with Gasteiger partial charge >= 0.3 is 0 Å². The molecule has 2 rings (SSSR count). The molecule has 0 amide bonds. The Morgan fingerprint density at radius 1 is 1.26 bits per heavy atom. The summed E-state index contributed by atoms with van der Waals surface area (Å²) in [7, 11) is 3.97. The molecule has 1 aromatic heterocycles. The van der Waals surface area contributed by atoms with Crippen LogP contribution in [0.1, 0.15) is 19.4 Å². The van der Waals surface area contributed by atoms with Crippen molar-refractivity contribution in [3.8, 4) is 0 Å². The van der Waals surface area contributed by atoms with Crippen LogP contribution in [-0.2, 0) is 6.54 Å². The number of hydrogen-bond acceptors (Lipinski definition) is 4. The van der Waals surface area contributed by atoms with Crippen LogP contribution >= 0.6 is 0 Å². The van der Waals surface area contributed by atoms with Crippen molar-refractivity contribution in [3.63, 3.8) is 0 Å². The highest BCUT2D eigenvalue weighted by Gasteiger charge is 2.15. The molecule has 1 aromatic rings. The van der Waals surface area contributed by atoms with Gasteiger partial charge in [-0.05, 0) is 30.7 Å². The first-order valence-corrected chi connectivity index (χ1v) is 8.41. The van der Waals surface area contributed by atoms with Gasteiger partial charge in [0.15, 0.2) is 5.96 Å². The molecule has 2 heterocycles. The Kier molecular flexibility index (Phi) is 6.65. The van der Waals surface area contributed by atoms with E-state index in [-0.39, 0.29) is 0 Å². The van der Waals surface area contributed by atoms with Crippen LogP contribution in [0.5, 0.6) is 0 Å². The van der Waals surface area contributed by atoms with Crippen molar-refractivity contribution in [3.05, 3.63) is 23.9 Å². The monoisotopic (exact) mass is 318 g/mol. The van der Waals surface area contributed by atoms with Gasteiger partial charge in [0.2, 0.25) is 0 Å². The zero-order chi connectivity index (χ0) is 16.7. The molecule has 1 saturated heterocycles. The van der Waals surface area contributed by atoms with Gasteiger partial charge in [-0.3, -0.25) is 4.99 Å². The first-order chi connectivity index (χ1) is 11.1. The summed E-state index contributed by atoms with van der Waals surface area (Å²) < 4.78 is 0. The Morgan fingerprint density at radius 2 is 2.00 bits per heavy atom. The summed E-state index contributed by atoms with van der Waals surface area (Å²) in [6.45, 7) is 10.3. The highest BCUT2D eigenvalue weighted by atomic mass is 15.3. The number of anilines is 1. The summed E-state index contributed by atoms with van der Waals surface area (Å²) in [6, 6.07) is 4.23. The third kappa shape index (κ3) is 5.71. The standard InChI is InChI=1S/C17H30N6/c1-14(2)12-20-17(18-3)21-13-15-5-6-19-16(11-15)23-9-7-22(4)8-10-23/h5-6,11,14H,7-10,12-13H2,1-4H3,(H2,18,20,21). The van der Waals surface area contributed by atoms with E-state index in [2.05, 4.69) is 63.4 Å². The van der Waals surface area contributed by atoms with Gasteiger partial charge in [0.05, 0.1) is 0 Å². The Morgan fingerprint density at radius 3 is 2.65 bits per heavy atom. The third-order valence-corrected chi connectivity index (χ3v) is 4.00. The maximum atomic E-state index is 4.53. The molecular weight excluding hydrogens is 288 g/mol. The quantitative estimate of drug-likeness (QED) is 0.630. The van der Waals surface area contributed by atoms with Crippen LogP contribution in [0.25, 0.3) is 0 Å². The van der Waals surface area contributed by atoms with Crippen LogP contribution in [0.3, 0.4) is 0 Å². The molecular formula is C17H30N6. The van der Waals surface area contributed by atoms with Crippen molar-refractivity contribution in [2.24, 2.45) is 10.9 Å². The summed E-state index contributed by atoms with van der Waals surface area (Å²) in [5.41, 5.74) is 1.22. The molecule has 0 spiro atoms. The van der Waals surface area contributed by atoms with Gasteiger partial charge in [0.1, 0.15) is 5.82 Å². The van der Waals surface area contributed by atoms with Crippen LogP contribution in [-0.4, -0.2) is 62.7 Å². The van der Waals surface area contributed by atoms with Gasteiger partial charge in [-0.2, -0.15) is 0 Å². The number of aliphatic imine (C=N–C) groups is 1. The van der Waals surface area contributed by atoms with Gasteiger partial charge in [-0.15, -0.1) is 0 Å². The zero-order valence-corrected chi connectivity index (χ0v) is 14.8. The van der Waals surface area contributed by atoms with Crippen LogP contribution in [0.4, 0.5) is 5.82 Å². The number of nitrogens with zero attached hydrogens (tertiary/aromatic N) is 4. The molecule has 1 fully saturated rings. The van der Waals surface area contributed by atoms with Crippen molar-refractivity contribution in [1.29, 1.82) is 0 Å². The van der Waals surface area contributed by atoms with E-state index in [9.17, 15) is 0 Å². The Labute approximate surface area is 140 Å². The molecule has 0 radical (unpaired) electrons. The Balaban J connectivity index is 1.89. The van der Waals surface area contributed by atoms with E-state index in [0.29, 0.717) is 5.92 Å². The first-order valence-electron chi connectivity index (χ1n) is 8.41. The van der Waals surface area contributed by atoms with Crippen molar-refractivity contribution in [2.75, 3.05) is 51.7 Å². The summed E-state index contributed by atoms with van der Waals surface area (Å²) >= 11 is 0. The summed E-state index contributed by atoms with van der Waals surface area (Å²) in [5, 5.41) is 6.69. The molecule has 0 saturated carbocycles. The third-order valence-electron chi connectivity index (χ3n) is 4.00. The molecule has 0 atom stereocenters. The van der Waals surface area contributed by atoms with Crippen LogP contribution in [0, 0.1) is 5.92 Å². The zero-order valence-electron chi connectivity index (χ0n) is 14.8. The average molecular weight is 318 g/mol. The van der Waals surface area contributed by atoms with Crippen molar-refractivity contribution < 1.29 is 0 Å². The van der Waals surface area contributed by atoms with E-state index in [1.807, 2.05) is 6.20 Å². The lowest BCUT2D eigenvalue weighted by Crippen LogP contribution is -2.44. The summed E-state index contributed by atoms with van der Waals surface area (Å²) in [4.78, 5) is 13.5. The number of aromatic nitrogens is 1. The number of likely N-dealkylation sites (N-methyl/N-ethyl adjacent to an activating group) is 1. The lowest BCUT2D eigenvalue weighted by molar-refractivity contribution is 0.312. The normalized spacial score (nSPS) is 16.7. The second-order valence-electron chi connectivity index (χ2n) is 6.51. The second kappa shape index (κ2) is 8.72. The van der Waals surface area contributed by atoms with E-state index in [4.69, 9.17) is 0 Å². The predicted molar refractivity (Wildman–Crippen MR) is 97.0 cm³/mol. The van der Waals surface area contributed by atoms with Gasteiger partial charge in [-0.25, -0.2) is 4.98 Å². The van der Waals surface area contributed by atoms with Crippen LogP contribution < -0.4 is 15.5 Å². The fourth-order valence-corrected chi connectivity index (χ4v) is 2.49. The number of nitrogens with one attached hydrogen (secondary N) is 2. The predicted octanol–water partition coefficient (Wildman–Crippen LogP) is 1.15. The van der Waals surface area contributed by atoms with E-state index >= 15 is 0 Å². The Hall–Kier alpha value is -1.82. The van der Waals surface area contributed by atoms with Gasteiger partial charge in [0.25, 0.3) is 0 Å². The molecule has 1 aliphatic heterocycles. The SMILES string of the molecule is CN=C(NCc1ccnc(N2CCN(C)CC2)c1)NCC(C)C. The van der Waals surface area contributed by atoms with Crippen molar-refractivity contribution in [2.45, 2.75) is 20.4 Å². The maximum absolute atomic E-state index is 4.53. The lowest BCUT2D eigenvalue weighted by Gasteiger charge is -2.33. The highest BCUT2D eigenvalue weighted by Crippen LogP contribution is 2.14. The minimum Gasteiger partial charge on any atom is -0.356 e. The summed E-state index contributed by atoms with van der Waals surface area (Å²) in [6.07, 6.45) is 1.90. The average Bonchev–Trinajstić information content (AvgIpc) is 2.56. The van der Waals surface area contributed by atoms with Gasteiger partial charge in [-0.1, -0.05) is 13.8 Å². The minimum absolute atomic E-state index is 0.596. The molecule has 0 aromatic carbocycles. The van der Waals surface area contributed by atoms with Crippen LogP contribution in [0.15, 0.2) is 23.3 Å². The molecule has 0 aliphatic carbocycles. The number of pyridine rings is 1. The minimum atomic E-state index is 0.596. The molecule has 1 aliphatic rings. The first kappa shape index (κ1) is 17.5. The van der Waals surface area contributed by atoms with E-state index in [0.717, 1.165) is 51.0 Å². The van der Waals surface area contributed by atoms with E-state index < -0.39 is 0 Å². The van der Waals surface area contributed by atoms with E-state index in [1.165, 1.54) is 5.56 Å². The molecule has 0 unspecified atom stereocenters. The number of guanidine groups is 1. The van der Waals surface area contributed by atoms with E-state index in [1.54, 1.807) is 7.05 Å². The van der Waals surface area contributed by atoms with Crippen molar-refractivity contribution in [1.82, 2.24) is 20.5 Å². The fraction of sp³-hybridized carbons (Fsp3) is 0.647. The summed E-state index contributed by atoms with van der Waals surface area (Å²) in [5.74, 6) is 2.51. The molecule has 6 heteroatoms. The number of hydrogen-bond donors (Lipinski definition) is 2. The maximum Gasteiger partial charge on any atom is 0.191 e. The highest BCUT2D eigenvalue weighted by molar-refractivity contribution is 5.79. The van der Waals surface area contributed by atoms with Gasteiger partial charge < -0.3 is 20.4 Å². The smallest absolute Gasteiger partial charge is 0.191 e. The number of piperazine rings is 1. The number of rotatable bonds is 5. The van der Waals surface area contributed by atoms with Gasteiger partial charge in [0, 0.05) is 52.5 Å². The largest absolute Gasteiger partial charge is 0.356 e. The molecule has 2 N–H and O–H groups in total. The van der Waals surface area contributed by atoms with Crippen LogP contribution in [0.2, 0.25) is 0 Å². The van der Waals surface area contributed by atoms with Crippen molar-refractivity contribution >= 4 is 11.8 Å². The molecule has 6 nitrogen and oxygen atoms in total. The fourth-order valence-electron chi connectivity index (χ4n) is 2.49. The lowest BCUT2D eigenvalue weighted by atomic mass is 10.2. The Bertz CT molecular complexity index is 506. The molecule has 23 heavy (non-hydrogen) atoms. The second-order valence-corrected chi connectivity index (χ2v) is 6.51. The topological polar surface area (TPSA) is 55.8 Å². The molecule has 0 bridgehead atoms. The molecule has 128 valence electrons.